The Morgan fingerprint density at radius 3 is 2.95 bits per heavy atom. The zero-order valence-corrected chi connectivity index (χ0v) is 12.5. The van der Waals surface area contributed by atoms with Gasteiger partial charge in [0.05, 0.1) is 16.7 Å². The van der Waals surface area contributed by atoms with Crippen LogP contribution < -0.4 is 11.1 Å². The Bertz CT molecular complexity index is 539. The second kappa shape index (κ2) is 6.25. The largest absolute Gasteiger partial charge is 0.396 e. The van der Waals surface area contributed by atoms with Crippen LogP contribution in [0.2, 0.25) is 0 Å². The number of hydrogen-bond donors (Lipinski definition) is 2. The summed E-state index contributed by atoms with van der Waals surface area (Å²) >= 11 is 1.27. The predicted octanol–water partition coefficient (Wildman–Crippen LogP) is 2.63. The Hall–Kier alpha value is -1.58. The summed E-state index contributed by atoms with van der Waals surface area (Å²) in [7, 11) is 0. The molecule has 0 aromatic carbocycles. The van der Waals surface area contributed by atoms with Gasteiger partial charge in [0, 0.05) is 19.1 Å². The standard InChI is InChI=1S/C14H19N3O2S/c1-8(2)12(18)13-11(16)10(6-15)14(20-13)17-7-9-4-3-5-19-9/h8-9,17H,3-5,7,16H2,1-2H3. The maximum atomic E-state index is 12.1. The summed E-state index contributed by atoms with van der Waals surface area (Å²) < 4.78 is 5.53. The molecule has 1 aromatic rings. The molecule has 0 bridgehead atoms. The summed E-state index contributed by atoms with van der Waals surface area (Å²) in [5.74, 6) is -0.150. The first kappa shape index (κ1) is 14.8. The van der Waals surface area contributed by atoms with E-state index in [9.17, 15) is 10.1 Å². The lowest BCUT2D eigenvalue weighted by Crippen LogP contribution is -2.18. The molecular weight excluding hydrogens is 274 g/mol. The topological polar surface area (TPSA) is 88.1 Å². The quantitative estimate of drug-likeness (QED) is 0.815. The zero-order chi connectivity index (χ0) is 14.7. The minimum atomic E-state index is -0.131. The molecule has 6 heteroatoms. The van der Waals surface area contributed by atoms with Crippen molar-refractivity contribution < 1.29 is 9.53 Å². The third-order valence-electron chi connectivity index (χ3n) is 3.32. The van der Waals surface area contributed by atoms with Crippen LogP contribution in [0.3, 0.4) is 0 Å². The van der Waals surface area contributed by atoms with Crippen molar-refractivity contribution in [2.45, 2.75) is 32.8 Å². The van der Waals surface area contributed by atoms with Crippen molar-refractivity contribution in [3.05, 3.63) is 10.4 Å². The number of anilines is 2. The second-order valence-electron chi connectivity index (χ2n) is 5.20. The van der Waals surface area contributed by atoms with E-state index < -0.39 is 0 Å². The van der Waals surface area contributed by atoms with Gasteiger partial charge in [-0.25, -0.2) is 0 Å². The van der Waals surface area contributed by atoms with Crippen molar-refractivity contribution in [1.29, 1.82) is 5.26 Å². The van der Waals surface area contributed by atoms with E-state index in [1.54, 1.807) is 0 Å². The van der Waals surface area contributed by atoms with Gasteiger partial charge in [-0.2, -0.15) is 5.26 Å². The van der Waals surface area contributed by atoms with Gasteiger partial charge < -0.3 is 15.8 Å². The fraction of sp³-hybridized carbons (Fsp3) is 0.571. The highest BCUT2D eigenvalue weighted by Crippen LogP contribution is 2.36. The molecule has 0 spiro atoms. The van der Waals surface area contributed by atoms with E-state index in [0.717, 1.165) is 19.4 Å². The van der Waals surface area contributed by atoms with Crippen LogP contribution in [0.4, 0.5) is 10.7 Å². The Morgan fingerprint density at radius 2 is 2.40 bits per heavy atom. The minimum absolute atomic E-state index is 0.0193. The van der Waals surface area contributed by atoms with Crippen LogP contribution >= 0.6 is 11.3 Å². The zero-order valence-electron chi connectivity index (χ0n) is 11.7. The van der Waals surface area contributed by atoms with Gasteiger partial charge in [-0.05, 0) is 12.8 Å². The molecule has 0 saturated carbocycles. The van der Waals surface area contributed by atoms with Crippen LogP contribution in [0, 0.1) is 17.2 Å². The molecule has 1 fully saturated rings. The first-order valence-corrected chi connectivity index (χ1v) is 7.58. The van der Waals surface area contributed by atoms with Gasteiger partial charge in [0.2, 0.25) is 0 Å². The van der Waals surface area contributed by atoms with Crippen molar-refractivity contribution in [2.75, 3.05) is 24.2 Å². The maximum Gasteiger partial charge on any atom is 0.177 e. The molecule has 5 nitrogen and oxygen atoms in total. The normalized spacial score (nSPS) is 18.2. The van der Waals surface area contributed by atoms with Gasteiger partial charge in [-0.1, -0.05) is 13.8 Å². The number of nitrogens with zero attached hydrogens (tertiary/aromatic N) is 1. The number of Topliss-reactive ketones (excluding diaryl/α,β-unsaturated/α-hetero) is 1. The van der Waals surface area contributed by atoms with E-state index in [0.29, 0.717) is 27.7 Å². The summed E-state index contributed by atoms with van der Waals surface area (Å²) in [6.07, 6.45) is 2.27. The Balaban J connectivity index is 2.17. The third kappa shape index (κ3) is 2.94. The van der Waals surface area contributed by atoms with Crippen molar-refractivity contribution in [2.24, 2.45) is 5.92 Å². The van der Waals surface area contributed by atoms with E-state index >= 15 is 0 Å². The van der Waals surface area contributed by atoms with E-state index in [1.165, 1.54) is 11.3 Å². The fourth-order valence-corrected chi connectivity index (χ4v) is 3.30. The summed E-state index contributed by atoms with van der Waals surface area (Å²) in [6.45, 7) is 5.09. The van der Waals surface area contributed by atoms with Gasteiger partial charge >= 0.3 is 0 Å². The number of nitriles is 1. The van der Waals surface area contributed by atoms with Gasteiger partial charge in [-0.3, -0.25) is 4.79 Å². The fourth-order valence-electron chi connectivity index (χ4n) is 2.14. The molecule has 0 radical (unpaired) electrons. The monoisotopic (exact) mass is 293 g/mol. The highest BCUT2D eigenvalue weighted by molar-refractivity contribution is 7.19. The van der Waals surface area contributed by atoms with Crippen molar-refractivity contribution in [3.8, 4) is 6.07 Å². The first-order chi connectivity index (χ1) is 9.54. The Kier molecular flexibility index (Phi) is 4.63. The Morgan fingerprint density at radius 1 is 1.65 bits per heavy atom. The molecular formula is C14H19N3O2S. The number of carbonyl (C=O) groups excluding carboxylic acids is 1. The molecule has 0 aliphatic carbocycles. The third-order valence-corrected chi connectivity index (χ3v) is 4.50. The molecule has 0 amide bonds. The van der Waals surface area contributed by atoms with Crippen molar-refractivity contribution in [1.82, 2.24) is 0 Å². The van der Waals surface area contributed by atoms with Crippen LogP contribution in [0.25, 0.3) is 0 Å². The number of carbonyl (C=O) groups is 1. The molecule has 1 saturated heterocycles. The highest BCUT2D eigenvalue weighted by Gasteiger charge is 2.23. The molecule has 1 aliphatic heterocycles. The van der Waals surface area contributed by atoms with Gasteiger partial charge in [0.15, 0.2) is 5.78 Å². The average Bonchev–Trinajstić information content (AvgIpc) is 3.03. The van der Waals surface area contributed by atoms with Gasteiger partial charge in [0.1, 0.15) is 16.6 Å². The average molecular weight is 293 g/mol. The second-order valence-corrected chi connectivity index (χ2v) is 6.22. The van der Waals surface area contributed by atoms with Crippen LogP contribution in [0.1, 0.15) is 41.9 Å². The van der Waals surface area contributed by atoms with Crippen LogP contribution in [-0.4, -0.2) is 25.0 Å². The molecule has 20 heavy (non-hydrogen) atoms. The molecule has 1 aromatic heterocycles. The molecule has 2 rings (SSSR count). The van der Waals surface area contributed by atoms with E-state index in [4.69, 9.17) is 10.5 Å². The number of nitrogens with one attached hydrogen (secondary N) is 1. The lowest BCUT2D eigenvalue weighted by Gasteiger charge is -2.10. The number of ether oxygens (including phenoxy) is 1. The first-order valence-electron chi connectivity index (χ1n) is 6.76. The molecule has 1 aliphatic rings. The SMILES string of the molecule is CC(C)C(=O)c1sc(NCC2CCCO2)c(C#N)c1N. The van der Waals surface area contributed by atoms with Crippen molar-refractivity contribution >= 4 is 27.8 Å². The van der Waals surface area contributed by atoms with E-state index in [2.05, 4.69) is 11.4 Å². The van der Waals surface area contributed by atoms with E-state index in [1.807, 2.05) is 13.8 Å². The predicted molar refractivity (Wildman–Crippen MR) is 80.1 cm³/mol. The van der Waals surface area contributed by atoms with Crippen LogP contribution in [0.15, 0.2) is 0 Å². The lowest BCUT2D eigenvalue weighted by atomic mass is 10.1. The number of nitrogens with two attached hydrogens (primary N) is 1. The lowest BCUT2D eigenvalue weighted by molar-refractivity contribution is 0.0944. The summed E-state index contributed by atoms with van der Waals surface area (Å²) in [5, 5.41) is 13.1. The van der Waals surface area contributed by atoms with Gasteiger partial charge in [0.25, 0.3) is 0 Å². The smallest absolute Gasteiger partial charge is 0.177 e. The van der Waals surface area contributed by atoms with Crippen molar-refractivity contribution in [3.63, 3.8) is 0 Å². The summed E-state index contributed by atoms with van der Waals surface area (Å²) in [4.78, 5) is 12.6. The highest BCUT2D eigenvalue weighted by atomic mass is 32.1. The molecule has 108 valence electrons. The maximum absolute atomic E-state index is 12.1. The van der Waals surface area contributed by atoms with Crippen LogP contribution in [0.5, 0.6) is 0 Å². The molecule has 1 unspecified atom stereocenters. The minimum Gasteiger partial charge on any atom is -0.396 e. The number of hydrogen-bond acceptors (Lipinski definition) is 6. The number of thiophene rings is 1. The Labute approximate surface area is 122 Å². The molecule has 3 N–H and O–H groups in total. The number of rotatable bonds is 5. The van der Waals surface area contributed by atoms with E-state index in [-0.39, 0.29) is 17.8 Å². The van der Waals surface area contributed by atoms with Gasteiger partial charge in [-0.15, -0.1) is 11.3 Å². The number of nitrogen functional groups attached to an aromatic ring is 1. The van der Waals surface area contributed by atoms with Crippen LogP contribution in [-0.2, 0) is 4.74 Å². The molecule has 2 heterocycles. The molecule has 1 atom stereocenters. The summed E-state index contributed by atoms with van der Waals surface area (Å²) in [6, 6.07) is 2.08. The number of ketones is 1. The summed E-state index contributed by atoms with van der Waals surface area (Å²) in [5.41, 5.74) is 6.60.